The van der Waals surface area contributed by atoms with Gasteiger partial charge in [-0.1, -0.05) is 18.2 Å². The van der Waals surface area contributed by atoms with Crippen LogP contribution in [0.5, 0.6) is 5.75 Å². The van der Waals surface area contributed by atoms with Crippen LogP contribution in [0.15, 0.2) is 48.5 Å². The minimum absolute atomic E-state index is 0.166. The van der Waals surface area contributed by atoms with Crippen molar-refractivity contribution in [2.24, 2.45) is 5.73 Å². The second kappa shape index (κ2) is 6.85. The van der Waals surface area contributed by atoms with Crippen LogP contribution in [0.2, 0.25) is 0 Å². The average molecular weight is 288 g/mol. The SMILES string of the molecule is CC(N)c1cc(F)ccc1OCC(=O)Nc1ccccc1. The van der Waals surface area contributed by atoms with Crippen molar-refractivity contribution < 1.29 is 13.9 Å². The van der Waals surface area contributed by atoms with Gasteiger partial charge in [-0.3, -0.25) is 4.79 Å². The molecule has 2 rings (SSSR count). The van der Waals surface area contributed by atoms with Crippen LogP contribution in [-0.4, -0.2) is 12.5 Å². The first-order valence-corrected chi connectivity index (χ1v) is 6.59. The van der Waals surface area contributed by atoms with Crippen molar-refractivity contribution in [1.82, 2.24) is 0 Å². The predicted octanol–water partition coefficient (Wildman–Crippen LogP) is 2.86. The number of benzene rings is 2. The van der Waals surface area contributed by atoms with E-state index >= 15 is 0 Å². The number of halogens is 1. The number of para-hydroxylation sites is 1. The molecule has 0 aromatic heterocycles. The lowest BCUT2D eigenvalue weighted by Crippen LogP contribution is -2.21. The van der Waals surface area contributed by atoms with Gasteiger partial charge in [0.15, 0.2) is 6.61 Å². The van der Waals surface area contributed by atoms with Gasteiger partial charge in [0.2, 0.25) is 0 Å². The Hall–Kier alpha value is -2.40. The Morgan fingerprint density at radius 3 is 2.67 bits per heavy atom. The van der Waals surface area contributed by atoms with Crippen molar-refractivity contribution in [2.45, 2.75) is 13.0 Å². The molecule has 1 amide bonds. The first kappa shape index (κ1) is 15.0. The van der Waals surface area contributed by atoms with E-state index in [1.807, 2.05) is 18.2 Å². The van der Waals surface area contributed by atoms with Crippen LogP contribution in [0.3, 0.4) is 0 Å². The lowest BCUT2D eigenvalue weighted by molar-refractivity contribution is -0.118. The van der Waals surface area contributed by atoms with E-state index in [1.165, 1.54) is 18.2 Å². The Bertz CT molecular complexity index is 615. The second-order valence-corrected chi connectivity index (χ2v) is 4.67. The molecule has 0 aliphatic rings. The van der Waals surface area contributed by atoms with E-state index in [0.29, 0.717) is 17.0 Å². The molecule has 0 fully saturated rings. The molecule has 0 bridgehead atoms. The first-order chi connectivity index (χ1) is 10.1. The highest BCUT2D eigenvalue weighted by Crippen LogP contribution is 2.24. The molecule has 3 N–H and O–H groups in total. The Morgan fingerprint density at radius 1 is 1.29 bits per heavy atom. The maximum Gasteiger partial charge on any atom is 0.262 e. The van der Waals surface area contributed by atoms with Crippen molar-refractivity contribution >= 4 is 11.6 Å². The van der Waals surface area contributed by atoms with E-state index in [1.54, 1.807) is 19.1 Å². The van der Waals surface area contributed by atoms with Crippen molar-refractivity contribution in [1.29, 1.82) is 0 Å². The van der Waals surface area contributed by atoms with Crippen molar-refractivity contribution in [3.8, 4) is 5.75 Å². The molecule has 1 unspecified atom stereocenters. The summed E-state index contributed by atoms with van der Waals surface area (Å²) < 4.78 is 18.6. The highest BCUT2D eigenvalue weighted by Gasteiger charge is 2.11. The normalized spacial score (nSPS) is 11.8. The number of anilines is 1. The number of rotatable bonds is 5. The maximum absolute atomic E-state index is 13.2. The molecule has 0 saturated heterocycles. The van der Waals surface area contributed by atoms with E-state index in [-0.39, 0.29) is 24.4 Å². The van der Waals surface area contributed by atoms with E-state index in [9.17, 15) is 9.18 Å². The molecule has 0 heterocycles. The van der Waals surface area contributed by atoms with Crippen LogP contribution >= 0.6 is 0 Å². The molecular weight excluding hydrogens is 271 g/mol. The minimum atomic E-state index is -0.386. The fourth-order valence-corrected chi connectivity index (χ4v) is 1.87. The third-order valence-electron chi connectivity index (χ3n) is 2.88. The van der Waals surface area contributed by atoms with E-state index < -0.39 is 0 Å². The maximum atomic E-state index is 13.2. The van der Waals surface area contributed by atoms with E-state index in [0.717, 1.165) is 0 Å². The lowest BCUT2D eigenvalue weighted by Gasteiger charge is -2.14. The lowest BCUT2D eigenvalue weighted by atomic mass is 10.1. The summed E-state index contributed by atoms with van der Waals surface area (Å²) >= 11 is 0. The average Bonchev–Trinajstić information content (AvgIpc) is 2.47. The zero-order valence-corrected chi connectivity index (χ0v) is 11.7. The minimum Gasteiger partial charge on any atom is -0.483 e. The fraction of sp³-hybridized carbons (Fsp3) is 0.188. The van der Waals surface area contributed by atoms with E-state index in [2.05, 4.69) is 5.32 Å². The molecule has 0 saturated carbocycles. The molecule has 1 atom stereocenters. The van der Waals surface area contributed by atoms with Crippen LogP contribution in [0.1, 0.15) is 18.5 Å². The molecular formula is C16H17FN2O2. The molecule has 0 aliphatic heterocycles. The highest BCUT2D eigenvalue weighted by molar-refractivity contribution is 5.91. The third kappa shape index (κ3) is 4.29. The summed E-state index contributed by atoms with van der Waals surface area (Å²) in [6, 6.07) is 12.8. The van der Waals surface area contributed by atoms with Crippen LogP contribution in [0, 0.1) is 5.82 Å². The van der Waals surface area contributed by atoms with Crippen LogP contribution < -0.4 is 15.8 Å². The fourth-order valence-electron chi connectivity index (χ4n) is 1.87. The predicted molar refractivity (Wildman–Crippen MR) is 79.6 cm³/mol. The Labute approximate surface area is 122 Å². The first-order valence-electron chi connectivity index (χ1n) is 6.59. The number of hydrogen-bond donors (Lipinski definition) is 2. The van der Waals surface area contributed by atoms with Gasteiger partial charge in [0.05, 0.1) is 0 Å². The summed E-state index contributed by atoms with van der Waals surface area (Å²) in [6.07, 6.45) is 0. The van der Waals surface area contributed by atoms with Crippen molar-refractivity contribution in [3.05, 3.63) is 59.9 Å². The van der Waals surface area contributed by atoms with Gasteiger partial charge in [-0.15, -0.1) is 0 Å². The highest BCUT2D eigenvalue weighted by atomic mass is 19.1. The summed E-state index contributed by atoms with van der Waals surface area (Å²) in [5.74, 6) is -0.265. The molecule has 5 heteroatoms. The number of carbonyl (C=O) groups excluding carboxylic acids is 1. The van der Waals surface area contributed by atoms with Gasteiger partial charge < -0.3 is 15.8 Å². The zero-order chi connectivity index (χ0) is 15.2. The number of nitrogens with one attached hydrogen (secondary N) is 1. The van der Waals surface area contributed by atoms with Gasteiger partial charge >= 0.3 is 0 Å². The molecule has 2 aromatic rings. The largest absolute Gasteiger partial charge is 0.483 e. The van der Waals surface area contributed by atoms with Gasteiger partial charge in [-0.2, -0.15) is 0 Å². The van der Waals surface area contributed by atoms with Gasteiger partial charge in [0.25, 0.3) is 5.91 Å². The molecule has 0 spiro atoms. The summed E-state index contributed by atoms with van der Waals surface area (Å²) in [7, 11) is 0. The van der Waals surface area contributed by atoms with Crippen LogP contribution in [0.4, 0.5) is 10.1 Å². The third-order valence-corrected chi connectivity index (χ3v) is 2.88. The summed E-state index contributed by atoms with van der Waals surface area (Å²) in [5.41, 5.74) is 6.99. The van der Waals surface area contributed by atoms with Crippen molar-refractivity contribution in [3.63, 3.8) is 0 Å². The summed E-state index contributed by atoms with van der Waals surface area (Å²) in [6.45, 7) is 1.56. The monoisotopic (exact) mass is 288 g/mol. The van der Waals surface area contributed by atoms with Gasteiger partial charge in [0.1, 0.15) is 11.6 Å². The summed E-state index contributed by atoms with van der Waals surface area (Å²) in [5, 5.41) is 2.70. The molecule has 21 heavy (non-hydrogen) atoms. The van der Waals surface area contributed by atoms with Gasteiger partial charge in [-0.25, -0.2) is 4.39 Å². The standard InChI is InChI=1S/C16H17FN2O2/c1-11(18)14-9-12(17)7-8-15(14)21-10-16(20)19-13-5-3-2-4-6-13/h2-9,11H,10,18H2,1H3,(H,19,20). The Morgan fingerprint density at radius 2 is 2.00 bits per heavy atom. The molecule has 110 valence electrons. The zero-order valence-electron chi connectivity index (χ0n) is 11.7. The van der Waals surface area contributed by atoms with E-state index in [4.69, 9.17) is 10.5 Å². The van der Waals surface area contributed by atoms with Gasteiger partial charge in [-0.05, 0) is 37.3 Å². The van der Waals surface area contributed by atoms with Gasteiger partial charge in [0, 0.05) is 17.3 Å². The number of ether oxygens (including phenoxy) is 1. The Balaban J connectivity index is 1.98. The quantitative estimate of drug-likeness (QED) is 0.889. The molecule has 0 aliphatic carbocycles. The second-order valence-electron chi connectivity index (χ2n) is 4.67. The smallest absolute Gasteiger partial charge is 0.262 e. The Kier molecular flexibility index (Phi) is 4.90. The number of amides is 1. The molecule has 0 radical (unpaired) electrons. The number of nitrogens with two attached hydrogens (primary N) is 1. The van der Waals surface area contributed by atoms with Crippen LogP contribution in [0.25, 0.3) is 0 Å². The number of hydrogen-bond acceptors (Lipinski definition) is 3. The van der Waals surface area contributed by atoms with Crippen LogP contribution in [-0.2, 0) is 4.79 Å². The topological polar surface area (TPSA) is 64.3 Å². The number of carbonyl (C=O) groups is 1. The summed E-state index contributed by atoms with van der Waals surface area (Å²) in [4.78, 5) is 11.8. The molecule has 2 aromatic carbocycles. The van der Waals surface area contributed by atoms with Crippen molar-refractivity contribution in [2.75, 3.05) is 11.9 Å². The molecule has 4 nitrogen and oxygen atoms in total.